The molecule has 0 aliphatic heterocycles. The highest BCUT2D eigenvalue weighted by Crippen LogP contribution is 2.39. The number of thioether (sulfide) groups is 1. The van der Waals surface area contributed by atoms with E-state index < -0.39 is 0 Å². The average Bonchev–Trinajstić information content (AvgIpc) is 2.90. The number of rotatable bonds is 6. The quantitative estimate of drug-likeness (QED) is 0.519. The molecule has 0 bridgehead atoms. The Morgan fingerprint density at radius 1 is 1.16 bits per heavy atom. The van der Waals surface area contributed by atoms with Crippen LogP contribution in [0.2, 0.25) is 0 Å². The van der Waals surface area contributed by atoms with Crippen LogP contribution in [-0.4, -0.2) is 22.6 Å². The van der Waals surface area contributed by atoms with E-state index in [9.17, 15) is 0 Å². The Hall–Kier alpha value is -1.27. The molecule has 1 aromatic carbocycles. The number of H-pyrrole nitrogens is 1. The maximum Gasteiger partial charge on any atom is 0.284 e. The minimum Gasteiger partial charge on any atom is -0.492 e. The van der Waals surface area contributed by atoms with E-state index in [2.05, 4.69) is 69.9 Å². The monoisotopic (exact) mass is 380 g/mol. The second-order valence-corrected chi connectivity index (χ2v) is 9.56. The molecule has 6 heteroatoms. The van der Waals surface area contributed by atoms with Crippen molar-refractivity contribution in [1.29, 1.82) is 0 Å². The van der Waals surface area contributed by atoms with Gasteiger partial charge in [-0.05, 0) is 34.7 Å². The summed E-state index contributed by atoms with van der Waals surface area (Å²) in [6, 6.07) is 6.38. The summed E-state index contributed by atoms with van der Waals surface area (Å²) < 4.78 is 11.4. The summed E-state index contributed by atoms with van der Waals surface area (Å²) in [5.74, 6) is 3.15. The molecule has 0 atom stereocenters. The molecule has 4 nitrogen and oxygen atoms in total. The molecule has 0 aliphatic rings. The van der Waals surface area contributed by atoms with Gasteiger partial charge in [-0.2, -0.15) is 0 Å². The molecule has 0 amide bonds. The number of benzene rings is 1. The summed E-state index contributed by atoms with van der Waals surface area (Å²) in [5, 5.41) is 6.63. The summed E-state index contributed by atoms with van der Waals surface area (Å²) in [6.45, 7) is 14.1. The molecule has 0 unspecified atom stereocenters. The Kier molecular flexibility index (Phi) is 6.38. The van der Waals surface area contributed by atoms with E-state index in [-0.39, 0.29) is 10.8 Å². The molecule has 25 heavy (non-hydrogen) atoms. The fraction of sp³-hybridized carbons (Fsp3) is 0.579. The maximum absolute atomic E-state index is 6.14. The van der Waals surface area contributed by atoms with Gasteiger partial charge in [0, 0.05) is 11.3 Å². The van der Waals surface area contributed by atoms with Crippen LogP contribution in [0, 0.1) is 4.84 Å². The molecular weight excluding hydrogens is 352 g/mol. The standard InChI is InChI=1S/C19H28N2O2S2/c1-18(2,3)13-8-7-9-14(16(13)19(4,5)6)22-10-11-25-12-15-20-21-17(24)23-15/h7-9H,10-12H2,1-6H3,(H,21,24). The highest BCUT2D eigenvalue weighted by molar-refractivity contribution is 7.98. The van der Waals surface area contributed by atoms with Gasteiger partial charge in [0.05, 0.1) is 12.4 Å². The predicted octanol–water partition coefficient (Wildman–Crippen LogP) is 5.64. The van der Waals surface area contributed by atoms with Gasteiger partial charge in [0.25, 0.3) is 4.84 Å². The molecule has 1 aromatic heterocycles. The second-order valence-electron chi connectivity index (χ2n) is 8.09. The van der Waals surface area contributed by atoms with Crippen LogP contribution in [0.25, 0.3) is 0 Å². The Labute approximate surface area is 159 Å². The molecule has 0 aliphatic carbocycles. The summed E-state index contributed by atoms with van der Waals surface area (Å²) in [6.07, 6.45) is 0. The van der Waals surface area contributed by atoms with E-state index in [0.29, 0.717) is 23.1 Å². The van der Waals surface area contributed by atoms with Crippen molar-refractivity contribution in [1.82, 2.24) is 10.2 Å². The van der Waals surface area contributed by atoms with Crippen LogP contribution in [0.3, 0.4) is 0 Å². The number of aromatic amines is 1. The smallest absolute Gasteiger partial charge is 0.284 e. The van der Waals surface area contributed by atoms with Crippen molar-refractivity contribution < 1.29 is 9.15 Å². The zero-order chi connectivity index (χ0) is 18.7. The SMILES string of the molecule is CC(C)(C)c1cccc(OCCSCc2n[nH]c(=S)o2)c1C(C)(C)C. The molecule has 1 heterocycles. The fourth-order valence-electron chi connectivity index (χ4n) is 2.74. The Morgan fingerprint density at radius 3 is 2.44 bits per heavy atom. The van der Waals surface area contributed by atoms with Gasteiger partial charge in [0.15, 0.2) is 0 Å². The summed E-state index contributed by atoms with van der Waals surface area (Å²) in [5.41, 5.74) is 2.75. The highest BCUT2D eigenvalue weighted by atomic mass is 32.2. The molecule has 2 rings (SSSR count). The van der Waals surface area contributed by atoms with Gasteiger partial charge in [-0.25, -0.2) is 5.10 Å². The van der Waals surface area contributed by atoms with E-state index in [0.717, 1.165) is 11.5 Å². The van der Waals surface area contributed by atoms with Crippen molar-refractivity contribution in [3.63, 3.8) is 0 Å². The van der Waals surface area contributed by atoms with Gasteiger partial charge in [-0.3, -0.25) is 0 Å². The van der Waals surface area contributed by atoms with Crippen LogP contribution in [0.4, 0.5) is 0 Å². The largest absolute Gasteiger partial charge is 0.492 e. The van der Waals surface area contributed by atoms with E-state index in [1.807, 2.05) is 0 Å². The van der Waals surface area contributed by atoms with Gasteiger partial charge in [-0.15, -0.1) is 16.9 Å². The maximum atomic E-state index is 6.14. The molecular formula is C19H28N2O2S2. The molecule has 0 fully saturated rings. The summed E-state index contributed by atoms with van der Waals surface area (Å²) in [4.78, 5) is 0.320. The van der Waals surface area contributed by atoms with Crippen LogP contribution < -0.4 is 4.74 Å². The number of aromatic nitrogens is 2. The van der Waals surface area contributed by atoms with Crippen molar-refractivity contribution in [3.8, 4) is 5.75 Å². The molecule has 0 radical (unpaired) electrons. The Morgan fingerprint density at radius 2 is 1.88 bits per heavy atom. The van der Waals surface area contributed by atoms with Crippen molar-refractivity contribution in [2.75, 3.05) is 12.4 Å². The molecule has 2 aromatic rings. The first kappa shape index (κ1) is 20.0. The molecule has 138 valence electrons. The van der Waals surface area contributed by atoms with E-state index in [1.165, 1.54) is 11.1 Å². The second kappa shape index (κ2) is 7.96. The van der Waals surface area contributed by atoms with Crippen LogP contribution >= 0.6 is 24.0 Å². The molecule has 0 spiro atoms. The highest BCUT2D eigenvalue weighted by Gasteiger charge is 2.28. The van der Waals surface area contributed by atoms with Crippen LogP contribution in [0.15, 0.2) is 22.6 Å². The number of nitrogens with one attached hydrogen (secondary N) is 1. The topological polar surface area (TPSA) is 51.0 Å². The zero-order valence-electron chi connectivity index (χ0n) is 15.9. The van der Waals surface area contributed by atoms with Gasteiger partial charge in [-0.1, -0.05) is 53.7 Å². The van der Waals surface area contributed by atoms with Gasteiger partial charge >= 0.3 is 0 Å². The Bertz CT molecular complexity index is 752. The van der Waals surface area contributed by atoms with Crippen LogP contribution in [0.1, 0.15) is 58.6 Å². The average molecular weight is 381 g/mol. The minimum absolute atomic E-state index is 0.0279. The predicted molar refractivity (Wildman–Crippen MR) is 107 cm³/mol. The zero-order valence-corrected chi connectivity index (χ0v) is 17.6. The number of nitrogens with zero attached hydrogens (tertiary/aromatic N) is 1. The first-order valence-corrected chi connectivity index (χ1v) is 10.0. The third-order valence-corrected chi connectivity index (χ3v) is 4.86. The Balaban J connectivity index is 2.02. The van der Waals surface area contributed by atoms with Crippen LogP contribution in [0.5, 0.6) is 5.75 Å². The number of hydrogen-bond acceptors (Lipinski definition) is 5. The van der Waals surface area contributed by atoms with Gasteiger partial charge in [0.1, 0.15) is 5.75 Å². The van der Waals surface area contributed by atoms with Crippen molar-refractivity contribution in [2.45, 2.75) is 58.1 Å². The fourth-order valence-corrected chi connectivity index (χ4v) is 3.53. The van der Waals surface area contributed by atoms with Crippen molar-refractivity contribution in [2.24, 2.45) is 0 Å². The lowest BCUT2D eigenvalue weighted by molar-refractivity contribution is 0.330. The summed E-state index contributed by atoms with van der Waals surface area (Å²) in [7, 11) is 0. The lowest BCUT2D eigenvalue weighted by atomic mass is 9.75. The van der Waals surface area contributed by atoms with Gasteiger partial charge in [0.2, 0.25) is 5.89 Å². The third kappa shape index (κ3) is 5.61. The lowest BCUT2D eigenvalue weighted by Crippen LogP contribution is -2.23. The van der Waals surface area contributed by atoms with E-state index in [4.69, 9.17) is 21.4 Å². The normalized spacial score (nSPS) is 12.4. The molecule has 0 saturated heterocycles. The molecule has 1 N–H and O–H groups in total. The van der Waals surface area contributed by atoms with E-state index in [1.54, 1.807) is 11.8 Å². The van der Waals surface area contributed by atoms with Crippen molar-refractivity contribution in [3.05, 3.63) is 40.1 Å². The van der Waals surface area contributed by atoms with E-state index >= 15 is 0 Å². The third-order valence-electron chi connectivity index (χ3n) is 3.78. The number of ether oxygens (including phenoxy) is 1. The first-order valence-electron chi connectivity index (χ1n) is 8.48. The molecule has 0 saturated carbocycles. The minimum atomic E-state index is 0.0279. The first-order chi connectivity index (χ1) is 11.6. The lowest BCUT2D eigenvalue weighted by Gasteiger charge is -2.31. The van der Waals surface area contributed by atoms with Crippen molar-refractivity contribution >= 4 is 24.0 Å². The van der Waals surface area contributed by atoms with Crippen LogP contribution in [-0.2, 0) is 16.6 Å². The summed E-state index contributed by atoms with van der Waals surface area (Å²) >= 11 is 6.59. The number of hydrogen-bond donors (Lipinski definition) is 1. The van der Waals surface area contributed by atoms with Gasteiger partial charge < -0.3 is 9.15 Å².